The zero-order chi connectivity index (χ0) is 12.1. The average Bonchev–Trinajstić information content (AvgIpc) is 2.55. The van der Waals surface area contributed by atoms with Crippen LogP contribution in [0.2, 0.25) is 0 Å². The van der Waals surface area contributed by atoms with Gasteiger partial charge in [-0.2, -0.15) is 0 Å². The highest BCUT2D eigenvalue weighted by atomic mass is 16.3. The van der Waals surface area contributed by atoms with Crippen LogP contribution >= 0.6 is 0 Å². The highest BCUT2D eigenvalue weighted by Crippen LogP contribution is 2.22. The predicted molar refractivity (Wildman–Crippen MR) is 68.6 cm³/mol. The van der Waals surface area contributed by atoms with Crippen LogP contribution in [-0.2, 0) is 6.54 Å². The number of hydrogen-bond acceptors (Lipinski definition) is 3. The van der Waals surface area contributed by atoms with Gasteiger partial charge in [-0.25, -0.2) is 0 Å². The van der Waals surface area contributed by atoms with E-state index in [1.54, 1.807) is 6.20 Å². The summed E-state index contributed by atoms with van der Waals surface area (Å²) in [4.78, 5) is 6.40. The van der Waals surface area contributed by atoms with Crippen molar-refractivity contribution in [2.75, 3.05) is 7.05 Å². The van der Waals surface area contributed by atoms with Crippen molar-refractivity contribution in [3.05, 3.63) is 30.1 Å². The van der Waals surface area contributed by atoms with Gasteiger partial charge in [0.1, 0.15) is 0 Å². The van der Waals surface area contributed by atoms with Crippen LogP contribution in [-0.4, -0.2) is 34.2 Å². The topological polar surface area (TPSA) is 36.4 Å². The van der Waals surface area contributed by atoms with E-state index >= 15 is 0 Å². The summed E-state index contributed by atoms with van der Waals surface area (Å²) in [6, 6.07) is 4.36. The minimum atomic E-state index is -0.167. The summed E-state index contributed by atoms with van der Waals surface area (Å²) < 4.78 is 0. The number of rotatable bonds is 3. The SMILES string of the molecule is CN(Cc1cccnc1)C1CCCCCC1O. The summed E-state index contributed by atoms with van der Waals surface area (Å²) >= 11 is 0. The molecule has 3 heteroatoms. The first-order valence-electron chi connectivity index (χ1n) is 6.54. The Morgan fingerprint density at radius 3 is 2.94 bits per heavy atom. The molecule has 0 spiro atoms. The molecule has 1 fully saturated rings. The third-order valence-electron chi connectivity index (χ3n) is 3.66. The summed E-state index contributed by atoms with van der Waals surface area (Å²) in [6.07, 6.45) is 9.24. The van der Waals surface area contributed by atoms with Crippen molar-refractivity contribution in [1.82, 2.24) is 9.88 Å². The number of hydrogen-bond donors (Lipinski definition) is 1. The minimum Gasteiger partial charge on any atom is -0.391 e. The second-order valence-electron chi connectivity index (χ2n) is 5.05. The van der Waals surface area contributed by atoms with Gasteiger partial charge in [0.15, 0.2) is 0 Å². The molecule has 3 nitrogen and oxygen atoms in total. The molecule has 0 amide bonds. The molecule has 1 aromatic heterocycles. The third kappa shape index (κ3) is 3.51. The summed E-state index contributed by atoms with van der Waals surface area (Å²) in [5, 5.41) is 10.1. The number of aliphatic hydroxyl groups is 1. The number of nitrogens with zero attached hydrogens (tertiary/aromatic N) is 2. The van der Waals surface area contributed by atoms with Crippen molar-refractivity contribution < 1.29 is 5.11 Å². The van der Waals surface area contributed by atoms with Crippen LogP contribution in [0.25, 0.3) is 0 Å². The fourth-order valence-corrected chi connectivity index (χ4v) is 2.68. The van der Waals surface area contributed by atoms with Gasteiger partial charge in [-0.05, 0) is 31.5 Å². The van der Waals surface area contributed by atoms with Gasteiger partial charge in [0.25, 0.3) is 0 Å². The predicted octanol–water partition coefficient (Wildman–Crippen LogP) is 2.21. The van der Waals surface area contributed by atoms with Crippen molar-refractivity contribution in [1.29, 1.82) is 0 Å². The van der Waals surface area contributed by atoms with Gasteiger partial charge >= 0.3 is 0 Å². The summed E-state index contributed by atoms with van der Waals surface area (Å²) in [7, 11) is 2.10. The smallest absolute Gasteiger partial charge is 0.0695 e. The van der Waals surface area contributed by atoms with E-state index in [0.717, 1.165) is 19.4 Å². The zero-order valence-electron chi connectivity index (χ0n) is 10.5. The normalized spacial score (nSPS) is 25.8. The lowest BCUT2D eigenvalue weighted by Crippen LogP contribution is -2.40. The quantitative estimate of drug-likeness (QED) is 0.815. The fraction of sp³-hybridized carbons (Fsp3) is 0.643. The van der Waals surface area contributed by atoms with Crippen LogP contribution in [0.15, 0.2) is 24.5 Å². The maximum Gasteiger partial charge on any atom is 0.0695 e. The first-order valence-corrected chi connectivity index (χ1v) is 6.54. The van der Waals surface area contributed by atoms with Gasteiger partial charge in [0.2, 0.25) is 0 Å². The summed E-state index contributed by atoms with van der Waals surface area (Å²) in [5.74, 6) is 0. The molecule has 0 aliphatic heterocycles. The molecule has 2 unspecified atom stereocenters. The van der Waals surface area contributed by atoms with E-state index in [2.05, 4.69) is 23.0 Å². The number of likely N-dealkylation sites (N-methyl/N-ethyl adjacent to an activating group) is 1. The van der Waals surface area contributed by atoms with E-state index in [1.807, 2.05) is 12.3 Å². The minimum absolute atomic E-state index is 0.167. The van der Waals surface area contributed by atoms with E-state index in [9.17, 15) is 5.11 Å². The number of aliphatic hydroxyl groups excluding tert-OH is 1. The zero-order valence-corrected chi connectivity index (χ0v) is 10.5. The molecule has 1 heterocycles. The second-order valence-corrected chi connectivity index (χ2v) is 5.05. The maximum atomic E-state index is 10.1. The highest BCUT2D eigenvalue weighted by molar-refractivity contribution is 5.08. The van der Waals surface area contributed by atoms with Crippen molar-refractivity contribution in [2.45, 2.75) is 50.8 Å². The van der Waals surface area contributed by atoms with Crippen molar-refractivity contribution in [3.8, 4) is 0 Å². The second kappa shape index (κ2) is 6.12. The third-order valence-corrected chi connectivity index (χ3v) is 3.66. The Balaban J connectivity index is 1.96. The molecule has 2 atom stereocenters. The largest absolute Gasteiger partial charge is 0.391 e. The average molecular weight is 234 g/mol. The lowest BCUT2D eigenvalue weighted by Gasteiger charge is -2.30. The van der Waals surface area contributed by atoms with E-state index < -0.39 is 0 Å². The molecule has 1 aliphatic carbocycles. The standard InChI is InChI=1S/C14H22N2O/c1-16(11-12-6-5-9-15-10-12)13-7-3-2-4-8-14(13)17/h5-6,9-10,13-14,17H,2-4,7-8,11H2,1H3. The number of aromatic nitrogens is 1. The van der Waals surface area contributed by atoms with Gasteiger partial charge in [0, 0.05) is 25.0 Å². The molecular weight excluding hydrogens is 212 g/mol. The maximum absolute atomic E-state index is 10.1. The molecular formula is C14H22N2O. The first kappa shape index (κ1) is 12.5. The molecule has 94 valence electrons. The molecule has 0 saturated heterocycles. The Kier molecular flexibility index (Phi) is 4.51. The van der Waals surface area contributed by atoms with Crippen LogP contribution in [0.1, 0.15) is 37.7 Å². The molecule has 1 aliphatic rings. The summed E-state index contributed by atoms with van der Waals surface area (Å²) in [6.45, 7) is 0.871. The van der Waals surface area contributed by atoms with E-state index in [0.29, 0.717) is 6.04 Å². The van der Waals surface area contributed by atoms with Gasteiger partial charge in [-0.15, -0.1) is 0 Å². The van der Waals surface area contributed by atoms with Crippen LogP contribution < -0.4 is 0 Å². The van der Waals surface area contributed by atoms with Gasteiger partial charge < -0.3 is 5.11 Å². The first-order chi connectivity index (χ1) is 8.27. The molecule has 0 bridgehead atoms. The Bertz CT molecular complexity index is 328. The van der Waals surface area contributed by atoms with Crippen LogP contribution in [0.4, 0.5) is 0 Å². The van der Waals surface area contributed by atoms with E-state index in [-0.39, 0.29) is 6.10 Å². The Morgan fingerprint density at radius 1 is 1.35 bits per heavy atom. The monoisotopic (exact) mass is 234 g/mol. The molecule has 17 heavy (non-hydrogen) atoms. The number of pyridine rings is 1. The van der Waals surface area contributed by atoms with Crippen LogP contribution in [0, 0.1) is 0 Å². The molecule has 1 aromatic rings. The fourth-order valence-electron chi connectivity index (χ4n) is 2.68. The molecule has 1 N–H and O–H groups in total. The Hall–Kier alpha value is -0.930. The van der Waals surface area contributed by atoms with Crippen molar-refractivity contribution in [3.63, 3.8) is 0 Å². The Labute approximate surface area is 103 Å². The molecule has 0 radical (unpaired) electrons. The molecule has 0 aromatic carbocycles. The Morgan fingerprint density at radius 2 is 2.18 bits per heavy atom. The van der Waals surface area contributed by atoms with E-state index in [1.165, 1.54) is 24.8 Å². The lowest BCUT2D eigenvalue weighted by molar-refractivity contribution is 0.0543. The van der Waals surface area contributed by atoms with Gasteiger partial charge in [0.05, 0.1) is 6.10 Å². The van der Waals surface area contributed by atoms with Gasteiger partial charge in [-0.1, -0.05) is 25.3 Å². The summed E-state index contributed by atoms with van der Waals surface area (Å²) in [5.41, 5.74) is 1.21. The molecule has 2 rings (SSSR count). The van der Waals surface area contributed by atoms with Crippen molar-refractivity contribution >= 4 is 0 Å². The van der Waals surface area contributed by atoms with Crippen molar-refractivity contribution in [2.24, 2.45) is 0 Å². The van der Waals surface area contributed by atoms with E-state index in [4.69, 9.17) is 0 Å². The van der Waals surface area contributed by atoms with Crippen LogP contribution in [0.5, 0.6) is 0 Å². The van der Waals surface area contributed by atoms with Crippen LogP contribution in [0.3, 0.4) is 0 Å². The molecule has 1 saturated carbocycles. The lowest BCUT2D eigenvalue weighted by atomic mass is 10.0. The highest BCUT2D eigenvalue weighted by Gasteiger charge is 2.25. The van der Waals surface area contributed by atoms with Gasteiger partial charge in [-0.3, -0.25) is 9.88 Å².